The highest BCUT2D eigenvalue weighted by Gasteiger charge is 2.26. The monoisotopic (exact) mass is 427 g/mol. The van der Waals surface area contributed by atoms with Crippen LogP contribution in [0.4, 0.5) is 11.5 Å². The number of hydrogen-bond acceptors (Lipinski definition) is 6. The third kappa shape index (κ3) is 5.60. The van der Waals surface area contributed by atoms with E-state index in [9.17, 15) is 4.79 Å². The van der Waals surface area contributed by atoms with Crippen LogP contribution in [0.25, 0.3) is 0 Å². The summed E-state index contributed by atoms with van der Waals surface area (Å²) in [6.45, 7) is 6.59. The van der Waals surface area contributed by atoms with Crippen LogP contribution in [-0.4, -0.2) is 63.7 Å². The number of rotatable bonds is 8. The maximum atomic E-state index is 12.4. The molecule has 168 valence electrons. The molecule has 0 unspecified atom stereocenters. The average molecular weight is 428 g/mol. The van der Waals surface area contributed by atoms with Crippen LogP contribution >= 0.6 is 0 Å². The van der Waals surface area contributed by atoms with Gasteiger partial charge in [0, 0.05) is 50.6 Å². The molecule has 4 rings (SSSR count). The molecular weight excluding hydrogens is 394 g/mol. The molecule has 2 aliphatic heterocycles. The molecule has 1 N–H and O–H groups in total. The van der Waals surface area contributed by atoms with Crippen molar-refractivity contribution in [1.29, 1.82) is 0 Å². The maximum absolute atomic E-state index is 12.4. The molecule has 3 heterocycles. The van der Waals surface area contributed by atoms with Crippen molar-refractivity contribution in [3.63, 3.8) is 0 Å². The fourth-order valence-electron chi connectivity index (χ4n) is 4.52. The molecular formula is C24H33N3O4. The first kappa shape index (κ1) is 21.7. The zero-order valence-electron chi connectivity index (χ0n) is 18.5. The molecule has 2 fully saturated rings. The van der Waals surface area contributed by atoms with E-state index in [-0.39, 0.29) is 11.7 Å². The van der Waals surface area contributed by atoms with Crippen molar-refractivity contribution in [2.75, 3.05) is 56.4 Å². The van der Waals surface area contributed by atoms with Gasteiger partial charge in [-0.25, -0.2) is 0 Å². The van der Waals surface area contributed by atoms with Gasteiger partial charge in [0.05, 0.1) is 19.8 Å². The van der Waals surface area contributed by atoms with E-state index in [0.29, 0.717) is 25.9 Å². The number of pyridine rings is 1. The molecule has 2 aromatic rings. The minimum absolute atomic E-state index is 0.0248. The van der Waals surface area contributed by atoms with Crippen LogP contribution in [0, 0.1) is 0 Å². The van der Waals surface area contributed by atoms with Crippen LogP contribution < -0.4 is 20.1 Å². The van der Waals surface area contributed by atoms with E-state index in [0.717, 1.165) is 56.2 Å². The first-order valence-electron chi connectivity index (χ1n) is 11.2. The number of aromatic nitrogens is 1. The first-order chi connectivity index (χ1) is 15.1. The Labute approximate surface area is 183 Å². The van der Waals surface area contributed by atoms with Gasteiger partial charge in [0.25, 0.3) is 5.56 Å². The Morgan fingerprint density at radius 1 is 1.16 bits per heavy atom. The fourth-order valence-corrected chi connectivity index (χ4v) is 4.52. The van der Waals surface area contributed by atoms with E-state index >= 15 is 0 Å². The summed E-state index contributed by atoms with van der Waals surface area (Å²) in [5.74, 6) is 1.78. The Balaban J connectivity index is 1.44. The van der Waals surface area contributed by atoms with Crippen LogP contribution in [0.3, 0.4) is 0 Å². The molecule has 2 aliphatic rings. The Bertz CT molecular complexity index is 892. The predicted molar refractivity (Wildman–Crippen MR) is 123 cm³/mol. The van der Waals surface area contributed by atoms with E-state index in [1.54, 1.807) is 13.2 Å². The number of anilines is 2. The quantitative estimate of drug-likeness (QED) is 0.699. The van der Waals surface area contributed by atoms with Crippen molar-refractivity contribution < 1.29 is 14.2 Å². The lowest BCUT2D eigenvalue weighted by Gasteiger charge is -2.31. The van der Waals surface area contributed by atoms with Crippen molar-refractivity contribution in [2.24, 2.45) is 0 Å². The van der Waals surface area contributed by atoms with Gasteiger partial charge in [-0.1, -0.05) is 12.1 Å². The van der Waals surface area contributed by atoms with E-state index in [1.807, 2.05) is 19.1 Å². The second-order valence-electron chi connectivity index (χ2n) is 8.41. The normalized spacial score (nSPS) is 20.1. The SMILES string of the molecule is COC[C@@H](C)Oc1ccc(C[C@@H]2CCCN2c2cc(N3CCOCC3)cc(=O)[nH]2)cc1. The second-order valence-corrected chi connectivity index (χ2v) is 8.41. The van der Waals surface area contributed by atoms with E-state index in [2.05, 4.69) is 33.0 Å². The standard InChI is InChI=1S/C24H33N3O4/c1-18(17-29-2)31-22-7-5-19(6-8-22)14-20-4-3-9-27(20)23-15-21(16-24(28)25-23)26-10-12-30-13-11-26/h5-8,15-16,18,20H,3-4,9-14,17H2,1-2H3,(H,25,28)/t18-,20+/m1/s1. The Morgan fingerprint density at radius 3 is 2.68 bits per heavy atom. The number of ether oxygens (including phenoxy) is 3. The number of methoxy groups -OCH3 is 1. The molecule has 2 atom stereocenters. The van der Waals surface area contributed by atoms with Gasteiger partial charge in [-0.3, -0.25) is 4.79 Å². The third-order valence-corrected chi connectivity index (χ3v) is 6.01. The number of hydrogen-bond donors (Lipinski definition) is 1. The maximum Gasteiger partial charge on any atom is 0.251 e. The van der Waals surface area contributed by atoms with Gasteiger partial charge in [0.2, 0.25) is 0 Å². The smallest absolute Gasteiger partial charge is 0.251 e. The molecule has 0 saturated carbocycles. The summed E-state index contributed by atoms with van der Waals surface area (Å²) in [6.07, 6.45) is 3.21. The Morgan fingerprint density at radius 2 is 1.94 bits per heavy atom. The van der Waals surface area contributed by atoms with Crippen LogP contribution in [0.1, 0.15) is 25.3 Å². The van der Waals surface area contributed by atoms with Crippen LogP contribution in [0.2, 0.25) is 0 Å². The highest BCUT2D eigenvalue weighted by Crippen LogP contribution is 2.29. The summed E-state index contributed by atoms with van der Waals surface area (Å²) in [5, 5.41) is 0. The number of nitrogens with one attached hydrogen (secondary N) is 1. The van der Waals surface area contributed by atoms with Crippen LogP contribution in [0.15, 0.2) is 41.2 Å². The molecule has 0 radical (unpaired) electrons. The number of H-pyrrole nitrogens is 1. The number of aromatic amines is 1. The molecule has 2 saturated heterocycles. The number of morpholine rings is 1. The lowest BCUT2D eigenvalue weighted by Crippen LogP contribution is -2.37. The summed E-state index contributed by atoms with van der Waals surface area (Å²) in [6, 6.07) is 12.5. The van der Waals surface area contributed by atoms with Crippen molar-refractivity contribution in [2.45, 2.75) is 38.3 Å². The molecule has 0 spiro atoms. The van der Waals surface area contributed by atoms with Crippen LogP contribution in [0.5, 0.6) is 5.75 Å². The summed E-state index contributed by atoms with van der Waals surface area (Å²) in [4.78, 5) is 20.0. The minimum atomic E-state index is -0.0451. The summed E-state index contributed by atoms with van der Waals surface area (Å²) in [5.41, 5.74) is 2.21. The molecule has 0 amide bonds. The van der Waals surface area contributed by atoms with Gasteiger partial charge in [-0.15, -0.1) is 0 Å². The average Bonchev–Trinajstić information content (AvgIpc) is 3.24. The number of benzene rings is 1. The van der Waals surface area contributed by atoms with Gasteiger partial charge >= 0.3 is 0 Å². The fraction of sp³-hybridized carbons (Fsp3) is 0.542. The first-order valence-corrected chi connectivity index (χ1v) is 11.2. The topological polar surface area (TPSA) is 67.0 Å². The van der Waals surface area contributed by atoms with E-state index in [4.69, 9.17) is 14.2 Å². The van der Waals surface area contributed by atoms with Gasteiger partial charge in [-0.05, 0) is 43.9 Å². The lowest BCUT2D eigenvalue weighted by molar-refractivity contribution is 0.0921. The van der Waals surface area contributed by atoms with Gasteiger partial charge in [0.15, 0.2) is 0 Å². The van der Waals surface area contributed by atoms with E-state index in [1.165, 1.54) is 5.56 Å². The van der Waals surface area contributed by atoms with Crippen LogP contribution in [-0.2, 0) is 15.9 Å². The van der Waals surface area contributed by atoms with Gasteiger partial charge in [-0.2, -0.15) is 0 Å². The zero-order valence-corrected chi connectivity index (χ0v) is 18.5. The Hall–Kier alpha value is -2.51. The highest BCUT2D eigenvalue weighted by molar-refractivity contribution is 5.56. The van der Waals surface area contributed by atoms with Gasteiger partial charge < -0.3 is 29.0 Å². The van der Waals surface area contributed by atoms with Gasteiger partial charge in [0.1, 0.15) is 17.7 Å². The molecule has 0 bridgehead atoms. The third-order valence-electron chi connectivity index (χ3n) is 6.01. The minimum Gasteiger partial charge on any atom is -0.488 e. The lowest BCUT2D eigenvalue weighted by atomic mass is 10.0. The molecule has 31 heavy (non-hydrogen) atoms. The number of nitrogens with zero attached hydrogens (tertiary/aromatic N) is 2. The molecule has 7 nitrogen and oxygen atoms in total. The molecule has 1 aromatic carbocycles. The predicted octanol–water partition coefficient (Wildman–Crippen LogP) is 2.84. The zero-order chi connectivity index (χ0) is 21.6. The van der Waals surface area contributed by atoms with Crippen molar-refractivity contribution in [1.82, 2.24) is 4.98 Å². The van der Waals surface area contributed by atoms with Crippen molar-refractivity contribution in [3.8, 4) is 5.75 Å². The second kappa shape index (κ2) is 10.2. The Kier molecular flexibility index (Phi) is 7.14. The summed E-state index contributed by atoms with van der Waals surface area (Å²) >= 11 is 0. The van der Waals surface area contributed by atoms with E-state index < -0.39 is 0 Å². The van der Waals surface area contributed by atoms with Crippen molar-refractivity contribution >= 4 is 11.5 Å². The summed E-state index contributed by atoms with van der Waals surface area (Å²) < 4.78 is 16.5. The largest absolute Gasteiger partial charge is 0.488 e. The highest BCUT2D eigenvalue weighted by atomic mass is 16.5. The molecule has 1 aromatic heterocycles. The molecule has 0 aliphatic carbocycles. The molecule has 7 heteroatoms. The van der Waals surface area contributed by atoms with Crippen molar-refractivity contribution in [3.05, 3.63) is 52.3 Å². The summed E-state index contributed by atoms with van der Waals surface area (Å²) in [7, 11) is 1.68.